The smallest absolute Gasteiger partial charge is 0.182 e. The topological polar surface area (TPSA) is 12.0 Å². The molecule has 0 spiro atoms. The summed E-state index contributed by atoms with van der Waals surface area (Å²) >= 11 is 0. The van der Waals surface area contributed by atoms with Crippen molar-refractivity contribution in [3.8, 4) is 0 Å². The van der Waals surface area contributed by atoms with Crippen molar-refractivity contribution in [2.75, 3.05) is 18.5 Å². The van der Waals surface area contributed by atoms with Gasteiger partial charge in [0.15, 0.2) is 11.6 Å². The van der Waals surface area contributed by atoms with Crippen LogP contribution < -0.4 is 5.32 Å². The molecule has 0 aliphatic rings. The van der Waals surface area contributed by atoms with Crippen molar-refractivity contribution in [3.05, 3.63) is 29.6 Å². The molecular weight excluding hydrogens is 198 g/mol. The second kappa shape index (κ2) is 4.83. The maximum atomic E-state index is 12.9. The third-order valence-corrected chi connectivity index (χ3v) is 1.62. The van der Waals surface area contributed by atoms with Crippen LogP contribution in [0.25, 0.3) is 0 Å². The highest BCUT2D eigenvalue weighted by Gasteiger charge is 2.09. The number of rotatable bonds is 4. The van der Waals surface area contributed by atoms with Crippen LogP contribution in [0.2, 0.25) is 0 Å². The van der Waals surface area contributed by atoms with E-state index in [1.165, 1.54) is 0 Å². The second-order valence-electron chi connectivity index (χ2n) is 2.72. The highest BCUT2D eigenvalue weighted by atomic mass is 19.2. The van der Waals surface area contributed by atoms with Crippen LogP contribution in [0.5, 0.6) is 0 Å². The summed E-state index contributed by atoms with van der Waals surface area (Å²) in [5, 5.41) is 2.40. The summed E-state index contributed by atoms with van der Waals surface area (Å²) in [6.45, 7) is -0.428. The molecule has 0 aromatic heterocycles. The van der Waals surface area contributed by atoms with Gasteiger partial charge in [-0.3, -0.25) is 4.39 Å². The summed E-state index contributed by atoms with van der Waals surface area (Å²) in [7, 11) is 0. The maximum Gasteiger partial charge on any atom is 0.182 e. The molecule has 0 aliphatic heterocycles. The molecule has 0 heterocycles. The van der Waals surface area contributed by atoms with Crippen molar-refractivity contribution < 1.29 is 17.6 Å². The SMILES string of the molecule is FCCCNc1cc(F)cc(F)c1F. The molecule has 0 saturated heterocycles. The van der Waals surface area contributed by atoms with Gasteiger partial charge in [0.2, 0.25) is 0 Å². The molecule has 1 nitrogen and oxygen atoms in total. The summed E-state index contributed by atoms with van der Waals surface area (Å²) in [6.07, 6.45) is 0.164. The highest BCUT2D eigenvalue weighted by molar-refractivity contribution is 5.45. The largest absolute Gasteiger partial charge is 0.382 e. The predicted molar refractivity (Wildman–Crippen MR) is 45.4 cm³/mol. The van der Waals surface area contributed by atoms with Crippen molar-refractivity contribution >= 4 is 5.69 Å². The van der Waals surface area contributed by atoms with Gasteiger partial charge in [0.05, 0.1) is 12.4 Å². The van der Waals surface area contributed by atoms with E-state index in [0.29, 0.717) is 6.07 Å². The summed E-state index contributed by atoms with van der Waals surface area (Å²) in [4.78, 5) is 0. The van der Waals surface area contributed by atoms with Gasteiger partial charge < -0.3 is 5.32 Å². The Balaban J connectivity index is 2.75. The number of hydrogen-bond donors (Lipinski definition) is 1. The number of hydrogen-bond acceptors (Lipinski definition) is 1. The van der Waals surface area contributed by atoms with E-state index in [1.807, 2.05) is 0 Å². The van der Waals surface area contributed by atoms with E-state index in [1.54, 1.807) is 0 Å². The molecule has 5 heteroatoms. The second-order valence-corrected chi connectivity index (χ2v) is 2.72. The van der Waals surface area contributed by atoms with Gasteiger partial charge in [0.25, 0.3) is 0 Å². The molecule has 0 saturated carbocycles. The van der Waals surface area contributed by atoms with Crippen molar-refractivity contribution in [1.29, 1.82) is 0 Å². The first kappa shape index (κ1) is 10.8. The Labute approximate surface area is 78.7 Å². The Morgan fingerprint density at radius 3 is 2.50 bits per heavy atom. The Hall–Kier alpha value is -1.26. The van der Waals surface area contributed by atoms with E-state index in [4.69, 9.17) is 0 Å². The number of benzene rings is 1. The van der Waals surface area contributed by atoms with Gasteiger partial charge in [-0.25, -0.2) is 13.2 Å². The van der Waals surface area contributed by atoms with E-state index in [9.17, 15) is 17.6 Å². The van der Waals surface area contributed by atoms with Crippen LogP contribution in [0.15, 0.2) is 12.1 Å². The van der Waals surface area contributed by atoms with E-state index in [2.05, 4.69) is 5.32 Å². The van der Waals surface area contributed by atoms with Gasteiger partial charge >= 0.3 is 0 Å². The fourth-order valence-electron chi connectivity index (χ4n) is 0.974. The zero-order valence-electron chi connectivity index (χ0n) is 7.29. The van der Waals surface area contributed by atoms with Crippen LogP contribution in [0.4, 0.5) is 23.2 Å². The van der Waals surface area contributed by atoms with Gasteiger partial charge in [-0.1, -0.05) is 0 Å². The van der Waals surface area contributed by atoms with Crippen LogP contribution >= 0.6 is 0 Å². The Bertz CT molecular complexity index is 314. The van der Waals surface area contributed by atoms with Gasteiger partial charge in [0.1, 0.15) is 5.82 Å². The zero-order chi connectivity index (χ0) is 10.6. The van der Waals surface area contributed by atoms with Crippen molar-refractivity contribution in [3.63, 3.8) is 0 Å². The van der Waals surface area contributed by atoms with Gasteiger partial charge in [0, 0.05) is 18.7 Å². The van der Waals surface area contributed by atoms with Crippen molar-refractivity contribution in [1.82, 2.24) is 0 Å². The molecule has 1 N–H and O–H groups in total. The average Bonchev–Trinajstić information content (AvgIpc) is 2.13. The molecule has 1 rings (SSSR count). The number of alkyl halides is 1. The van der Waals surface area contributed by atoms with Gasteiger partial charge in [-0.2, -0.15) is 0 Å². The summed E-state index contributed by atoms with van der Waals surface area (Å²) < 4.78 is 49.8. The average molecular weight is 207 g/mol. The van der Waals surface area contributed by atoms with Crippen LogP contribution in [0.3, 0.4) is 0 Å². The minimum Gasteiger partial charge on any atom is -0.382 e. The maximum absolute atomic E-state index is 12.9. The van der Waals surface area contributed by atoms with E-state index in [0.717, 1.165) is 6.07 Å². The van der Waals surface area contributed by atoms with E-state index >= 15 is 0 Å². The molecule has 0 aliphatic carbocycles. The van der Waals surface area contributed by atoms with Crippen LogP contribution in [-0.4, -0.2) is 13.2 Å². The third-order valence-electron chi connectivity index (χ3n) is 1.62. The lowest BCUT2D eigenvalue weighted by Gasteiger charge is -2.06. The van der Waals surface area contributed by atoms with Crippen LogP contribution in [0.1, 0.15) is 6.42 Å². The van der Waals surface area contributed by atoms with Crippen molar-refractivity contribution in [2.24, 2.45) is 0 Å². The molecule has 1 aromatic rings. The lowest BCUT2D eigenvalue weighted by atomic mass is 10.2. The molecule has 0 radical (unpaired) electrons. The quantitative estimate of drug-likeness (QED) is 0.454. The lowest BCUT2D eigenvalue weighted by Crippen LogP contribution is -2.05. The molecule has 1 aromatic carbocycles. The molecule has 0 bridgehead atoms. The monoisotopic (exact) mass is 207 g/mol. The van der Waals surface area contributed by atoms with Gasteiger partial charge in [-0.05, 0) is 6.42 Å². The molecule has 0 unspecified atom stereocenters. The summed E-state index contributed by atoms with van der Waals surface area (Å²) in [5.74, 6) is -3.27. The first-order valence-corrected chi connectivity index (χ1v) is 4.09. The fourth-order valence-corrected chi connectivity index (χ4v) is 0.974. The first-order chi connectivity index (χ1) is 6.65. The third kappa shape index (κ3) is 2.61. The minimum atomic E-state index is -1.26. The first-order valence-electron chi connectivity index (χ1n) is 4.09. The molecule has 0 fully saturated rings. The Morgan fingerprint density at radius 2 is 1.86 bits per heavy atom. The molecule has 78 valence electrons. The number of anilines is 1. The molecule has 0 atom stereocenters. The Kier molecular flexibility index (Phi) is 3.73. The summed E-state index contributed by atoms with van der Waals surface area (Å²) in [6, 6.07) is 1.28. The molecule has 14 heavy (non-hydrogen) atoms. The fraction of sp³-hybridized carbons (Fsp3) is 0.333. The van der Waals surface area contributed by atoms with Gasteiger partial charge in [-0.15, -0.1) is 0 Å². The van der Waals surface area contributed by atoms with Crippen LogP contribution in [0, 0.1) is 17.5 Å². The molecule has 0 amide bonds. The minimum absolute atomic E-state index is 0.135. The number of nitrogens with one attached hydrogen (secondary N) is 1. The zero-order valence-corrected chi connectivity index (χ0v) is 7.29. The highest BCUT2D eigenvalue weighted by Crippen LogP contribution is 2.18. The lowest BCUT2D eigenvalue weighted by molar-refractivity contribution is 0.478. The number of halogens is 4. The van der Waals surface area contributed by atoms with E-state index < -0.39 is 24.1 Å². The standard InChI is InChI=1S/C9H9F4N/c10-2-1-3-14-8-5-6(11)4-7(12)9(8)13/h4-5,14H,1-3H2. The van der Waals surface area contributed by atoms with Crippen molar-refractivity contribution in [2.45, 2.75) is 6.42 Å². The molecular formula is C9H9F4N. The normalized spacial score (nSPS) is 10.3. The summed E-state index contributed by atoms with van der Waals surface area (Å²) in [5.41, 5.74) is -0.282. The van der Waals surface area contributed by atoms with Crippen LogP contribution in [-0.2, 0) is 0 Å². The van der Waals surface area contributed by atoms with E-state index in [-0.39, 0.29) is 18.7 Å². The predicted octanol–water partition coefficient (Wildman–Crippen LogP) is 2.88. The Morgan fingerprint density at radius 1 is 1.14 bits per heavy atom.